The molecule has 1 fully saturated rings. The summed E-state index contributed by atoms with van der Waals surface area (Å²) in [4.78, 5) is 21.8. The summed E-state index contributed by atoms with van der Waals surface area (Å²) in [6.45, 7) is 0.800. The van der Waals surface area contributed by atoms with Crippen molar-refractivity contribution in [3.8, 4) is 0 Å². The van der Waals surface area contributed by atoms with Crippen LogP contribution in [0.2, 0.25) is 0 Å². The van der Waals surface area contributed by atoms with Gasteiger partial charge in [-0.15, -0.1) is 11.3 Å². The molecule has 0 saturated carbocycles. The predicted octanol–water partition coefficient (Wildman–Crippen LogP) is 4.34. The molecule has 1 unspecified atom stereocenters. The van der Waals surface area contributed by atoms with E-state index in [2.05, 4.69) is 6.07 Å². The molecular formula is C20H21N3OS. The zero-order chi connectivity index (χ0) is 17.4. The fourth-order valence-electron chi connectivity index (χ4n) is 3.37. The largest absolute Gasteiger partial charge is 0.378 e. The Hall–Kier alpha value is -2.40. The number of rotatable bonds is 3. The summed E-state index contributed by atoms with van der Waals surface area (Å²) in [6, 6.07) is 16.1. The van der Waals surface area contributed by atoms with E-state index >= 15 is 0 Å². The van der Waals surface area contributed by atoms with Gasteiger partial charge in [-0.05, 0) is 49.2 Å². The number of hydrogen-bond donors (Lipinski definition) is 0. The molecule has 1 aromatic heterocycles. The van der Waals surface area contributed by atoms with Crippen molar-refractivity contribution in [1.82, 2.24) is 9.88 Å². The lowest BCUT2D eigenvalue weighted by Gasteiger charge is -2.23. The highest BCUT2D eigenvalue weighted by Gasteiger charge is 2.32. The first-order valence-electron chi connectivity index (χ1n) is 8.57. The predicted molar refractivity (Wildman–Crippen MR) is 103 cm³/mol. The molecule has 2 aromatic carbocycles. The van der Waals surface area contributed by atoms with E-state index in [1.807, 2.05) is 66.4 Å². The van der Waals surface area contributed by atoms with Crippen LogP contribution in [-0.2, 0) is 0 Å². The van der Waals surface area contributed by atoms with Crippen LogP contribution in [0, 0.1) is 0 Å². The van der Waals surface area contributed by atoms with Gasteiger partial charge in [0.05, 0.1) is 16.3 Å². The van der Waals surface area contributed by atoms with Crippen LogP contribution < -0.4 is 4.90 Å². The average molecular weight is 351 g/mol. The minimum Gasteiger partial charge on any atom is -0.378 e. The van der Waals surface area contributed by atoms with Crippen LogP contribution >= 0.6 is 11.3 Å². The van der Waals surface area contributed by atoms with Crippen LogP contribution in [0.5, 0.6) is 0 Å². The zero-order valence-corrected chi connectivity index (χ0v) is 15.3. The number of carbonyl (C=O) groups is 1. The SMILES string of the molecule is CN(C)c1ccc(C(=O)N2CCCC2c2nc3ccccc3s2)cc1. The summed E-state index contributed by atoms with van der Waals surface area (Å²) in [6.07, 6.45) is 2.02. The molecule has 1 amide bonds. The number of para-hydroxylation sites is 1. The van der Waals surface area contributed by atoms with E-state index in [1.54, 1.807) is 11.3 Å². The summed E-state index contributed by atoms with van der Waals surface area (Å²) >= 11 is 1.71. The summed E-state index contributed by atoms with van der Waals surface area (Å²) in [5, 5.41) is 1.05. The molecule has 0 aliphatic carbocycles. The first-order chi connectivity index (χ1) is 12.1. The van der Waals surface area contributed by atoms with Gasteiger partial charge >= 0.3 is 0 Å². The summed E-state index contributed by atoms with van der Waals surface area (Å²) in [5.74, 6) is 0.104. The van der Waals surface area contributed by atoms with Gasteiger partial charge in [0.25, 0.3) is 5.91 Å². The molecule has 4 nitrogen and oxygen atoms in total. The molecule has 25 heavy (non-hydrogen) atoms. The lowest BCUT2D eigenvalue weighted by atomic mass is 10.1. The number of thiazole rings is 1. The molecular weight excluding hydrogens is 330 g/mol. The average Bonchev–Trinajstić information content (AvgIpc) is 3.27. The summed E-state index contributed by atoms with van der Waals surface area (Å²) in [5.41, 5.74) is 2.87. The first kappa shape index (κ1) is 16.1. The van der Waals surface area contributed by atoms with E-state index in [1.165, 1.54) is 4.70 Å². The molecule has 1 saturated heterocycles. The Bertz CT molecular complexity index is 868. The van der Waals surface area contributed by atoms with Gasteiger partial charge in [0.2, 0.25) is 0 Å². The maximum absolute atomic E-state index is 13.0. The van der Waals surface area contributed by atoms with E-state index in [4.69, 9.17) is 4.98 Å². The number of fused-ring (bicyclic) bond motifs is 1. The molecule has 0 radical (unpaired) electrons. The maximum Gasteiger partial charge on any atom is 0.254 e. The Morgan fingerprint density at radius 2 is 1.92 bits per heavy atom. The number of benzene rings is 2. The fourth-order valence-corrected chi connectivity index (χ4v) is 4.48. The minimum absolute atomic E-state index is 0.0958. The highest BCUT2D eigenvalue weighted by molar-refractivity contribution is 7.18. The molecule has 1 atom stereocenters. The molecule has 4 rings (SSSR count). The van der Waals surface area contributed by atoms with E-state index in [9.17, 15) is 4.79 Å². The van der Waals surface area contributed by atoms with Gasteiger partial charge in [-0.25, -0.2) is 4.98 Å². The van der Waals surface area contributed by atoms with Gasteiger partial charge in [-0.3, -0.25) is 4.79 Å². The Labute approximate surface area is 151 Å². The topological polar surface area (TPSA) is 36.4 Å². The standard InChI is InChI=1S/C20H21N3OS/c1-22(2)15-11-9-14(10-12-15)20(24)23-13-5-7-17(23)19-21-16-6-3-4-8-18(16)25-19/h3-4,6,8-12,17H,5,7,13H2,1-2H3. The Morgan fingerprint density at radius 1 is 1.16 bits per heavy atom. The summed E-state index contributed by atoms with van der Waals surface area (Å²) < 4.78 is 1.19. The van der Waals surface area contributed by atoms with Crippen LogP contribution in [0.25, 0.3) is 10.2 Å². The molecule has 128 valence electrons. The maximum atomic E-state index is 13.0. The third-order valence-corrected chi connectivity index (χ3v) is 5.88. The first-order valence-corrected chi connectivity index (χ1v) is 9.39. The van der Waals surface area contributed by atoms with Gasteiger partial charge < -0.3 is 9.80 Å². The van der Waals surface area contributed by atoms with Gasteiger partial charge in [-0.1, -0.05) is 12.1 Å². The number of carbonyl (C=O) groups excluding carboxylic acids is 1. The number of anilines is 1. The van der Waals surface area contributed by atoms with Crippen molar-refractivity contribution < 1.29 is 4.79 Å². The van der Waals surface area contributed by atoms with Crippen LogP contribution in [0.1, 0.15) is 34.2 Å². The van der Waals surface area contributed by atoms with Crippen LogP contribution in [0.15, 0.2) is 48.5 Å². The van der Waals surface area contributed by atoms with Crippen LogP contribution in [-0.4, -0.2) is 36.4 Å². The minimum atomic E-state index is 0.0958. The fraction of sp³-hybridized carbons (Fsp3) is 0.300. The smallest absolute Gasteiger partial charge is 0.254 e. The van der Waals surface area contributed by atoms with E-state index in [0.29, 0.717) is 0 Å². The Balaban J connectivity index is 1.61. The number of hydrogen-bond acceptors (Lipinski definition) is 4. The Morgan fingerprint density at radius 3 is 2.64 bits per heavy atom. The molecule has 0 N–H and O–H groups in total. The van der Waals surface area contributed by atoms with E-state index < -0.39 is 0 Å². The third-order valence-electron chi connectivity index (χ3n) is 4.74. The monoisotopic (exact) mass is 351 g/mol. The lowest BCUT2D eigenvalue weighted by Crippen LogP contribution is -2.30. The van der Waals surface area contributed by atoms with Crippen molar-refractivity contribution in [2.45, 2.75) is 18.9 Å². The van der Waals surface area contributed by atoms with Crippen LogP contribution in [0.4, 0.5) is 5.69 Å². The number of aromatic nitrogens is 1. The molecule has 5 heteroatoms. The molecule has 1 aliphatic heterocycles. The molecule has 0 spiro atoms. The summed E-state index contributed by atoms with van der Waals surface area (Å²) in [7, 11) is 4.00. The number of nitrogens with zero attached hydrogens (tertiary/aromatic N) is 3. The highest BCUT2D eigenvalue weighted by Crippen LogP contribution is 2.37. The van der Waals surface area contributed by atoms with Crippen molar-refractivity contribution in [3.05, 3.63) is 59.1 Å². The quantitative estimate of drug-likeness (QED) is 0.704. The second-order valence-corrected chi connectivity index (χ2v) is 7.68. The molecule has 0 bridgehead atoms. The van der Waals surface area contributed by atoms with Crippen molar-refractivity contribution in [3.63, 3.8) is 0 Å². The van der Waals surface area contributed by atoms with Gasteiger partial charge in [-0.2, -0.15) is 0 Å². The van der Waals surface area contributed by atoms with Crippen molar-refractivity contribution >= 4 is 33.1 Å². The highest BCUT2D eigenvalue weighted by atomic mass is 32.1. The van der Waals surface area contributed by atoms with Gasteiger partial charge in [0, 0.05) is 31.9 Å². The van der Waals surface area contributed by atoms with E-state index in [0.717, 1.165) is 41.2 Å². The third kappa shape index (κ3) is 3.00. The van der Waals surface area contributed by atoms with E-state index in [-0.39, 0.29) is 11.9 Å². The van der Waals surface area contributed by atoms with Crippen molar-refractivity contribution in [2.24, 2.45) is 0 Å². The van der Waals surface area contributed by atoms with Crippen molar-refractivity contribution in [2.75, 3.05) is 25.5 Å². The van der Waals surface area contributed by atoms with Crippen LogP contribution in [0.3, 0.4) is 0 Å². The molecule has 2 heterocycles. The molecule has 3 aromatic rings. The number of likely N-dealkylation sites (tertiary alicyclic amines) is 1. The Kier molecular flexibility index (Phi) is 4.17. The van der Waals surface area contributed by atoms with Crippen molar-refractivity contribution in [1.29, 1.82) is 0 Å². The number of amides is 1. The second kappa shape index (κ2) is 6.48. The molecule has 1 aliphatic rings. The van der Waals surface area contributed by atoms with Gasteiger partial charge in [0.1, 0.15) is 5.01 Å². The van der Waals surface area contributed by atoms with Gasteiger partial charge in [0.15, 0.2) is 0 Å². The second-order valence-electron chi connectivity index (χ2n) is 6.62. The normalized spacial score (nSPS) is 17.2. The lowest BCUT2D eigenvalue weighted by molar-refractivity contribution is 0.0735. The zero-order valence-electron chi connectivity index (χ0n) is 14.5.